The smallest absolute Gasteiger partial charge is 0.0523 e. The lowest BCUT2D eigenvalue weighted by molar-refractivity contribution is 0.712. The van der Waals surface area contributed by atoms with Crippen LogP contribution in [0, 0.1) is 0 Å². The molecule has 1 aliphatic rings. The Balaban J connectivity index is 2.42. The number of para-hydroxylation sites is 1. The zero-order chi connectivity index (χ0) is 12.4. The van der Waals surface area contributed by atoms with E-state index in [0.717, 1.165) is 0 Å². The molecule has 0 N–H and O–H groups in total. The molecule has 1 heteroatoms. The van der Waals surface area contributed by atoms with Crippen molar-refractivity contribution < 1.29 is 0 Å². The van der Waals surface area contributed by atoms with Gasteiger partial charge in [0.2, 0.25) is 0 Å². The fraction of sp³-hybridized carbons (Fsp3) is 0.250. The first-order valence-electron chi connectivity index (χ1n) is 6.03. The third-order valence-corrected chi connectivity index (χ3v) is 3.56. The molecule has 2 unspecified atom stereocenters. The summed E-state index contributed by atoms with van der Waals surface area (Å²) in [6.07, 6.45) is 3.92. The number of hydrogen-bond acceptors (Lipinski definition) is 1. The Kier molecular flexibility index (Phi) is 3.19. The van der Waals surface area contributed by atoms with Crippen LogP contribution >= 0.6 is 0 Å². The first-order chi connectivity index (χ1) is 8.20. The van der Waals surface area contributed by atoms with Gasteiger partial charge < -0.3 is 4.90 Å². The van der Waals surface area contributed by atoms with Gasteiger partial charge >= 0.3 is 0 Å². The lowest BCUT2D eigenvalue weighted by atomic mass is 10.0. The van der Waals surface area contributed by atoms with E-state index in [9.17, 15) is 0 Å². The molecular weight excluding hydrogens is 206 g/mol. The molecule has 0 saturated carbocycles. The maximum absolute atomic E-state index is 3.92. The Hall–Kier alpha value is -1.76. The predicted octanol–water partition coefficient (Wildman–Crippen LogP) is 3.95. The van der Waals surface area contributed by atoms with Gasteiger partial charge in [0.25, 0.3) is 0 Å². The molecule has 0 amide bonds. The van der Waals surface area contributed by atoms with Crippen LogP contribution < -0.4 is 4.90 Å². The molecule has 0 spiro atoms. The van der Waals surface area contributed by atoms with E-state index < -0.39 is 0 Å². The summed E-state index contributed by atoms with van der Waals surface area (Å²) in [7, 11) is 0. The van der Waals surface area contributed by atoms with Crippen molar-refractivity contribution in [2.24, 2.45) is 0 Å². The van der Waals surface area contributed by atoms with Crippen molar-refractivity contribution in [3.63, 3.8) is 0 Å². The van der Waals surface area contributed by atoms with Crippen molar-refractivity contribution in [1.82, 2.24) is 0 Å². The van der Waals surface area contributed by atoms with Gasteiger partial charge in [-0.3, -0.25) is 0 Å². The van der Waals surface area contributed by atoms with E-state index in [1.54, 1.807) is 0 Å². The third-order valence-electron chi connectivity index (χ3n) is 3.56. The van der Waals surface area contributed by atoms with Crippen LogP contribution in [0.5, 0.6) is 0 Å². The van der Waals surface area contributed by atoms with Crippen LogP contribution in [-0.4, -0.2) is 12.1 Å². The lowest BCUT2D eigenvalue weighted by Gasteiger charge is -2.30. The van der Waals surface area contributed by atoms with E-state index in [1.807, 2.05) is 18.2 Å². The molecule has 0 radical (unpaired) electrons. The quantitative estimate of drug-likeness (QED) is 0.752. The Labute approximate surface area is 104 Å². The summed E-state index contributed by atoms with van der Waals surface area (Å²) in [6, 6.07) is 11.2. The van der Waals surface area contributed by atoms with E-state index in [4.69, 9.17) is 0 Å². The first-order valence-corrected chi connectivity index (χ1v) is 6.03. The first kappa shape index (κ1) is 11.7. The summed E-state index contributed by atoms with van der Waals surface area (Å²) in [5.74, 6) is 0. The normalized spacial score (nSPS) is 24.0. The highest BCUT2D eigenvalue weighted by Crippen LogP contribution is 2.35. The minimum Gasteiger partial charge on any atom is -0.358 e. The van der Waals surface area contributed by atoms with Gasteiger partial charge in [0, 0.05) is 5.69 Å². The van der Waals surface area contributed by atoms with Gasteiger partial charge in [0.15, 0.2) is 0 Å². The van der Waals surface area contributed by atoms with Crippen LogP contribution in [0.25, 0.3) is 0 Å². The Morgan fingerprint density at radius 1 is 0.941 bits per heavy atom. The Bertz CT molecular complexity index is 432. The van der Waals surface area contributed by atoms with Gasteiger partial charge in [-0.25, -0.2) is 0 Å². The molecule has 2 rings (SSSR count). The van der Waals surface area contributed by atoms with Gasteiger partial charge in [0.05, 0.1) is 12.1 Å². The highest BCUT2D eigenvalue weighted by molar-refractivity contribution is 5.60. The molecule has 0 aliphatic carbocycles. The van der Waals surface area contributed by atoms with E-state index in [2.05, 4.69) is 56.2 Å². The highest BCUT2D eigenvalue weighted by Gasteiger charge is 2.32. The zero-order valence-corrected chi connectivity index (χ0v) is 10.6. The van der Waals surface area contributed by atoms with Crippen molar-refractivity contribution in [3.05, 3.63) is 66.8 Å². The van der Waals surface area contributed by atoms with E-state index in [0.29, 0.717) is 12.1 Å². The molecular formula is C16H19N. The molecule has 1 aromatic rings. The minimum atomic E-state index is 0.359. The third kappa shape index (κ3) is 1.82. The molecule has 1 aromatic carbocycles. The maximum Gasteiger partial charge on any atom is 0.0523 e. The van der Waals surface area contributed by atoms with Gasteiger partial charge in [-0.1, -0.05) is 43.5 Å². The molecule has 88 valence electrons. The SMILES string of the molecule is C=CC1=C(C=C)C(C)N(c2ccccc2)C1C. The standard InChI is InChI=1S/C16H19N/c1-5-15-12(3)17(13(4)16(15)6-2)14-10-8-7-9-11-14/h5-13H,1-2H2,3-4H3. The molecule has 0 bridgehead atoms. The fourth-order valence-corrected chi connectivity index (χ4v) is 2.74. The summed E-state index contributed by atoms with van der Waals surface area (Å²) in [6.45, 7) is 12.3. The number of benzene rings is 1. The summed E-state index contributed by atoms with van der Waals surface area (Å²) in [5, 5.41) is 0. The zero-order valence-electron chi connectivity index (χ0n) is 10.6. The topological polar surface area (TPSA) is 3.24 Å². The van der Waals surface area contributed by atoms with Crippen LogP contribution in [0.3, 0.4) is 0 Å². The largest absolute Gasteiger partial charge is 0.358 e. The van der Waals surface area contributed by atoms with Crippen molar-refractivity contribution in [3.8, 4) is 0 Å². The molecule has 1 heterocycles. The maximum atomic E-state index is 3.92. The number of anilines is 1. The van der Waals surface area contributed by atoms with Crippen LogP contribution in [0.4, 0.5) is 5.69 Å². The summed E-state index contributed by atoms with van der Waals surface area (Å²) >= 11 is 0. The molecule has 17 heavy (non-hydrogen) atoms. The summed E-state index contributed by atoms with van der Waals surface area (Å²) in [5.41, 5.74) is 3.83. The molecule has 0 aromatic heterocycles. The van der Waals surface area contributed by atoms with Crippen molar-refractivity contribution >= 4 is 5.69 Å². The summed E-state index contributed by atoms with van der Waals surface area (Å²) < 4.78 is 0. The van der Waals surface area contributed by atoms with Crippen molar-refractivity contribution in [2.45, 2.75) is 25.9 Å². The van der Waals surface area contributed by atoms with E-state index >= 15 is 0 Å². The monoisotopic (exact) mass is 225 g/mol. The fourth-order valence-electron chi connectivity index (χ4n) is 2.74. The molecule has 1 aliphatic heterocycles. The lowest BCUT2D eigenvalue weighted by Crippen LogP contribution is -2.35. The van der Waals surface area contributed by atoms with Crippen LogP contribution in [0.2, 0.25) is 0 Å². The molecule has 0 fully saturated rings. The number of hydrogen-bond donors (Lipinski definition) is 0. The van der Waals surface area contributed by atoms with Gasteiger partial charge in [0.1, 0.15) is 0 Å². The average Bonchev–Trinajstić information content (AvgIpc) is 2.60. The minimum absolute atomic E-state index is 0.359. The van der Waals surface area contributed by atoms with Crippen LogP contribution in [-0.2, 0) is 0 Å². The Morgan fingerprint density at radius 3 is 1.82 bits per heavy atom. The van der Waals surface area contributed by atoms with Crippen LogP contribution in [0.1, 0.15) is 13.8 Å². The second-order valence-corrected chi connectivity index (χ2v) is 4.41. The highest BCUT2D eigenvalue weighted by atomic mass is 15.2. The van der Waals surface area contributed by atoms with Gasteiger partial charge in [-0.05, 0) is 37.1 Å². The molecule has 0 saturated heterocycles. The van der Waals surface area contributed by atoms with Gasteiger partial charge in [-0.2, -0.15) is 0 Å². The summed E-state index contributed by atoms with van der Waals surface area (Å²) in [4.78, 5) is 2.41. The Morgan fingerprint density at radius 2 is 1.41 bits per heavy atom. The van der Waals surface area contributed by atoms with E-state index in [-0.39, 0.29) is 0 Å². The number of rotatable bonds is 3. The van der Waals surface area contributed by atoms with Crippen LogP contribution in [0.15, 0.2) is 66.8 Å². The van der Waals surface area contributed by atoms with E-state index in [1.165, 1.54) is 16.8 Å². The second-order valence-electron chi connectivity index (χ2n) is 4.41. The van der Waals surface area contributed by atoms with Crippen molar-refractivity contribution in [2.75, 3.05) is 4.90 Å². The molecule has 2 atom stereocenters. The molecule has 1 nitrogen and oxygen atoms in total. The van der Waals surface area contributed by atoms with Crippen molar-refractivity contribution in [1.29, 1.82) is 0 Å². The second kappa shape index (κ2) is 4.62. The number of nitrogens with zero attached hydrogens (tertiary/aromatic N) is 1. The average molecular weight is 225 g/mol. The predicted molar refractivity (Wildman–Crippen MR) is 75.3 cm³/mol. The van der Waals surface area contributed by atoms with Gasteiger partial charge in [-0.15, -0.1) is 0 Å².